The predicted octanol–water partition coefficient (Wildman–Crippen LogP) is 2.10. The van der Waals surface area contributed by atoms with E-state index < -0.39 is 27.7 Å². The minimum atomic E-state index is -4.03. The van der Waals surface area contributed by atoms with Crippen molar-refractivity contribution in [3.63, 3.8) is 0 Å². The number of thiophene rings is 1. The molecule has 0 saturated carbocycles. The summed E-state index contributed by atoms with van der Waals surface area (Å²) in [4.78, 5) is 24.0. The van der Waals surface area contributed by atoms with Gasteiger partial charge in [0.15, 0.2) is 0 Å². The van der Waals surface area contributed by atoms with Crippen molar-refractivity contribution in [2.45, 2.75) is 0 Å². The maximum atomic E-state index is 12.5. The summed E-state index contributed by atoms with van der Waals surface area (Å²) in [5.74, 6) is -2.23. The van der Waals surface area contributed by atoms with E-state index in [0.717, 1.165) is 15.8 Å². The Morgan fingerprint density at radius 2 is 1.88 bits per heavy atom. The van der Waals surface area contributed by atoms with Crippen molar-refractivity contribution >= 4 is 56.2 Å². The summed E-state index contributed by atoms with van der Waals surface area (Å²) in [5.41, 5.74) is 3.03. The first-order chi connectivity index (χ1) is 12.3. The lowest BCUT2D eigenvalue weighted by molar-refractivity contribution is -0.113. The van der Waals surface area contributed by atoms with Crippen LogP contribution in [0.2, 0.25) is 5.02 Å². The summed E-state index contributed by atoms with van der Waals surface area (Å²) >= 11 is 6.88. The first-order valence-electron chi connectivity index (χ1n) is 7.20. The number of nitrogens with one attached hydrogen (secondary N) is 2. The normalized spacial score (nSPS) is 11.0. The van der Waals surface area contributed by atoms with Crippen LogP contribution in [0.4, 0.5) is 11.4 Å². The van der Waals surface area contributed by atoms with Gasteiger partial charge in [0.25, 0.3) is 10.0 Å². The molecule has 11 heteroatoms. The zero-order valence-electron chi connectivity index (χ0n) is 13.9. The van der Waals surface area contributed by atoms with Crippen LogP contribution in [0.1, 0.15) is 9.67 Å². The highest BCUT2D eigenvalue weighted by Crippen LogP contribution is 2.24. The molecule has 1 amide bonds. The molecular formula is C15H16ClN3O5S2. The fourth-order valence-corrected chi connectivity index (χ4v) is 4.23. The fourth-order valence-electron chi connectivity index (χ4n) is 2.08. The van der Waals surface area contributed by atoms with Crippen LogP contribution in [-0.4, -0.2) is 40.2 Å². The SMILES string of the molecule is CNN(c1ccc(Cl)cc1)S(=O)(=O)CC(=O)Nc1ccsc1C(=O)OC. The van der Waals surface area contributed by atoms with Crippen molar-refractivity contribution in [3.8, 4) is 0 Å². The molecule has 2 rings (SSSR count). The van der Waals surface area contributed by atoms with Gasteiger partial charge in [-0.25, -0.2) is 23.1 Å². The van der Waals surface area contributed by atoms with Gasteiger partial charge in [0.1, 0.15) is 10.6 Å². The molecule has 0 aliphatic carbocycles. The second kappa shape index (κ2) is 8.49. The number of benzene rings is 1. The van der Waals surface area contributed by atoms with Gasteiger partial charge in [0.05, 0.1) is 18.5 Å². The molecule has 0 radical (unpaired) electrons. The summed E-state index contributed by atoms with van der Waals surface area (Å²) in [6.45, 7) is 0. The van der Waals surface area contributed by atoms with Crippen LogP contribution >= 0.6 is 22.9 Å². The number of hydrogen-bond acceptors (Lipinski definition) is 7. The molecule has 2 N–H and O–H groups in total. The number of methoxy groups -OCH3 is 1. The second-order valence-corrected chi connectivity index (χ2v) is 8.09. The van der Waals surface area contributed by atoms with Gasteiger partial charge < -0.3 is 10.1 Å². The molecule has 0 aliphatic heterocycles. The molecule has 0 unspecified atom stereocenters. The highest BCUT2D eigenvalue weighted by atomic mass is 35.5. The highest BCUT2D eigenvalue weighted by Gasteiger charge is 2.26. The number of carbonyl (C=O) groups excluding carboxylic acids is 2. The van der Waals surface area contributed by atoms with E-state index in [1.807, 2.05) is 0 Å². The van der Waals surface area contributed by atoms with Crippen molar-refractivity contribution in [3.05, 3.63) is 45.6 Å². The first-order valence-corrected chi connectivity index (χ1v) is 10.1. The van der Waals surface area contributed by atoms with Gasteiger partial charge in [-0.05, 0) is 35.7 Å². The van der Waals surface area contributed by atoms with E-state index in [-0.39, 0.29) is 10.6 Å². The summed E-state index contributed by atoms with van der Waals surface area (Å²) in [7, 11) is -1.39. The Balaban J connectivity index is 2.15. The molecule has 1 aromatic heterocycles. The molecule has 0 aliphatic rings. The molecule has 1 heterocycles. The molecular weight excluding hydrogens is 402 g/mol. The minimum absolute atomic E-state index is 0.182. The van der Waals surface area contributed by atoms with Crippen LogP contribution < -0.4 is 15.2 Å². The lowest BCUT2D eigenvalue weighted by atomic mass is 10.3. The third kappa shape index (κ3) is 4.73. The Kier molecular flexibility index (Phi) is 6.59. The number of hydrazine groups is 1. The molecule has 0 atom stereocenters. The van der Waals surface area contributed by atoms with E-state index >= 15 is 0 Å². The number of carbonyl (C=O) groups is 2. The maximum Gasteiger partial charge on any atom is 0.350 e. The number of rotatable bonds is 7. The number of amides is 1. The van der Waals surface area contributed by atoms with E-state index in [2.05, 4.69) is 15.5 Å². The number of anilines is 2. The molecule has 26 heavy (non-hydrogen) atoms. The Morgan fingerprint density at radius 3 is 2.46 bits per heavy atom. The topological polar surface area (TPSA) is 105 Å². The number of esters is 1. The van der Waals surface area contributed by atoms with Crippen molar-refractivity contribution < 1.29 is 22.7 Å². The standard InChI is InChI=1S/C15H16ClN3O5S2/c1-17-19(11-5-3-10(16)4-6-11)26(22,23)9-13(20)18-12-7-8-25-14(12)15(21)24-2/h3-8,17H,9H2,1-2H3,(H,18,20). The van der Waals surface area contributed by atoms with Crippen LogP contribution in [0.15, 0.2) is 35.7 Å². The lowest BCUT2D eigenvalue weighted by Crippen LogP contribution is -2.44. The molecule has 0 spiro atoms. The van der Waals surface area contributed by atoms with E-state index in [4.69, 9.17) is 11.6 Å². The van der Waals surface area contributed by atoms with Crippen molar-refractivity contribution in [2.75, 3.05) is 29.6 Å². The van der Waals surface area contributed by atoms with E-state index in [0.29, 0.717) is 10.7 Å². The zero-order chi connectivity index (χ0) is 19.3. The number of hydrogen-bond donors (Lipinski definition) is 2. The highest BCUT2D eigenvalue weighted by molar-refractivity contribution is 7.93. The van der Waals surface area contributed by atoms with Gasteiger partial charge in [-0.2, -0.15) is 0 Å². The summed E-state index contributed by atoms with van der Waals surface area (Å²) < 4.78 is 30.6. The van der Waals surface area contributed by atoms with Gasteiger partial charge in [-0.3, -0.25) is 4.79 Å². The van der Waals surface area contributed by atoms with Crippen molar-refractivity contribution in [1.29, 1.82) is 0 Å². The lowest BCUT2D eigenvalue weighted by Gasteiger charge is -2.22. The van der Waals surface area contributed by atoms with Crippen LogP contribution in [0, 0.1) is 0 Å². The van der Waals surface area contributed by atoms with Crippen LogP contribution in [0.3, 0.4) is 0 Å². The van der Waals surface area contributed by atoms with Gasteiger partial charge in [0.2, 0.25) is 5.91 Å². The Morgan fingerprint density at radius 1 is 1.23 bits per heavy atom. The number of nitrogens with zero attached hydrogens (tertiary/aromatic N) is 1. The van der Waals surface area contributed by atoms with Gasteiger partial charge in [0, 0.05) is 12.1 Å². The third-order valence-corrected chi connectivity index (χ3v) is 5.89. The molecule has 0 bridgehead atoms. The quantitative estimate of drug-likeness (QED) is 0.528. The zero-order valence-corrected chi connectivity index (χ0v) is 16.2. The first kappa shape index (κ1) is 20.2. The monoisotopic (exact) mass is 417 g/mol. The summed E-state index contributed by atoms with van der Waals surface area (Å²) in [5, 5.41) is 4.46. The maximum absolute atomic E-state index is 12.5. The molecule has 1 aromatic carbocycles. The Hall–Kier alpha value is -2.14. The fraction of sp³-hybridized carbons (Fsp3) is 0.200. The smallest absolute Gasteiger partial charge is 0.350 e. The molecule has 0 fully saturated rings. The van der Waals surface area contributed by atoms with Crippen LogP contribution in [0.25, 0.3) is 0 Å². The Bertz CT molecular complexity index is 896. The Labute approximate surface area is 159 Å². The molecule has 8 nitrogen and oxygen atoms in total. The van der Waals surface area contributed by atoms with E-state index in [9.17, 15) is 18.0 Å². The predicted molar refractivity (Wildman–Crippen MR) is 101 cm³/mol. The molecule has 0 saturated heterocycles. The third-order valence-electron chi connectivity index (χ3n) is 3.17. The largest absolute Gasteiger partial charge is 0.465 e. The van der Waals surface area contributed by atoms with Crippen LogP contribution in [-0.2, 0) is 19.6 Å². The van der Waals surface area contributed by atoms with Crippen molar-refractivity contribution in [2.24, 2.45) is 0 Å². The van der Waals surface area contributed by atoms with E-state index in [1.165, 1.54) is 44.5 Å². The number of ether oxygens (including phenoxy) is 1. The van der Waals surface area contributed by atoms with Crippen LogP contribution in [0.5, 0.6) is 0 Å². The van der Waals surface area contributed by atoms with Gasteiger partial charge in [-0.15, -0.1) is 11.3 Å². The van der Waals surface area contributed by atoms with E-state index in [1.54, 1.807) is 5.38 Å². The average Bonchev–Trinajstić information content (AvgIpc) is 3.03. The summed E-state index contributed by atoms with van der Waals surface area (Å²) in [6.07, 6.45) is 0. The molecule has 2 aromatic rings. The van der Waals surface area contributed by atoms with Gasteiger partial charge >= 0.3 is 5.97 Å². The average molecular weight is 418 g/mol. The number of sulfonamides is 1. The van der Waals surface area contributed by atoms with Crippen molar-refractivity contribution in [1.82, 2.24) is 5.43 Å². The number of halogens is 1. The minimum Gasteiger partial charge on any atom is -0.465 e. The summed E-state index contributed by atoms with van der Waals surface area (Å²) in [6, 6.07) is 7.57. The second-order valence-electron chi connectivity index (χ2n) is 4.92. The van der Waals surface area contributed by atoms with Gasteiger partial charge in [-0.1, -0.05) is 11.6 Å². The molecule has 140 valence electrons.